The molecule has 0 aliphatic carbocycles. The Labute approximate surface area is 152 Å². The largest absolute Gasteiger partial charge is 0.481 e. The van der Waals surface area contributed by atoms with E-state index in [1.54, 1.807) is 24.3 Å². The molecule has 138 valence electrons. The number of amides is 1. The fraction of sp³-hybridized carbons (Fsp3) is 0.294. The Morgan fingerprint density at radius 3 is 2.73 bits per heavy atom. The molecule has 1 amide bonds. The van der Waals surface area contributed by atoms with Gasteiger partial charge in [-0.3, -0.25) is 9.52 Å². The first kappa shape index (κ1) is 18.2. The van der Waals surface area contributed by atoms with Gasteiger partial charge in [0.05, 0.1) is 18.5 Å². The summed E-state index contributed by atoms with van der Waals surface area (Å²) < 4.78 is 32.7. The highest BCUT2D eigenvalue weighted by Gasteiger charge is 2.28. The normalized spacial score (nSPS) is 16.8. The number of hydrogen-bond donors (Lipinski definition) is 2. The quantitative estimate of drug-likeness (QED) is 0.828. The Balaban J connectivity index is 1.98. The number of fused-ring (bicyclic) bond motifs is 1. The van der Waals surface area contributed by atoms with Crippen LogP contribution >= 0.6 is 0 Å². The molecule has 0 spiro atoms. The summed E-state index contributed by atoms with van der Waals surface area (Å²) in [6.07, 6.45) is 0.260. The van der Waals surface area contributed by atoms with Crippen LogP contribution in [-0.4, -0.2) is 44.8 Å². The Morgan fingerprint density at radius 2 is 2.04 bits per heavy atom. The second-order valence-electron chi connectivity index (χ2n) is 6.10. The minimum Gasteiger partial charge on any atom is -0.481 e. The van der Waals surface area contributed by atoms with Crippen molar-refractivity contribution in [2.45, 2.75) is 12.3 Å². The molecule has 1 atom stereocenters. The predicted molar refractivity (Wildman–Crippen MR) is 98.6 cm³/mol. The van der Waals surface area contributed by atoms with Crippen molar-refractivity contribution in [1.29, 1.82) is 0 Å². The van der Waals surface area contributed by atoms with Gasteiger partial charge in [0, 0.05) is 38.2 Å². The van der Waals surface area contributed by atoms with Crippen molar-refractivity contribution in [3.63, 3.8) is 0 Å². The highest BCUT2D eigenvalue weighted by atomic mass is 32.2. The second kappa shape index (κ2) is 6.93. The molecule has 1 aromatic carbocycles. The number of rotatable bonds is 5. The number of anilines is 2. The summed E-state index contributed by atoms with van der Waals surface area (Å²) in [5, 5.41) is 2.80. The lowest BCUT2D eigenvalue weighted by atomic mass is 9.87. The van der Waals surface area contributed by atoms with Crippen molar-refractivity contribution in [2.24, 2.45) is 0 Å². The van der Waals surface area contributed by atoms with Crippen LogP contribution in [-0.2, 0) is 15.0 Å². The van der Waals surface area contributed by atoms with E-state index in [1.165, 1.54) is 21.2 Å². The van der Waals surface area contributed by atoms with Gasteiger partial charge in [0.15, 0.2) is 0 Å². The van der Waals surface area contributed by atoms with Gasteiger partial charge in [-0.25, -0.2) is 4.98 Å². The smallest absolute Gasteiger partial charge is 0.301 e. The van der Waals surface area contributed by atoms with E-state index in [2.05, 4.69) is 15.0 Å². The number of pyridine rings is 1. The third-order valence-corrected chi connectivity index (χ3v) is 5.59. The standard InChI is InChI=1S/C17H20N4O4S/c1-21(2)26(23,24)20-11-7-8-12-13(10-16(22)18-15(12)9-11)14-5-4-6-17(19-14)25-3/h4-9,13,20H,10H2,1-3H3,(H,18,22). The van der Waals surface area contributed by atoms with Gasteiger partial charge in [-0.1, -0.05) is 12.1 Å². The highest BCUT2D eigenvalue weighted by Crippen LogP contribution is 2.38. The molecule has 0 radical (unpaired) electrons. The molecule has 3 rings (SSSR count). The van der Waals surface area contributed by atoms with Crippen LogP contribution in [0.5, 0.6) is 5.88 Å². The number of carbonyl (C=O) groups excluding carboxylic acids is 1. The number of aromatic nitrogens is 1. The lowest BCUT2D eigenvalue weighted by molar-refractivity contribution is -0.116. The van der Waals surface area contributed by atoms with Gasteiger partial charge in [-0.2, -0.15) is 12.7 Å². The van der Waals surface area contributed by atoms with Gasteiger partial charge in [0.2, 0.25) is 11.8 Å². The van der Waals surface area contributed by atoms with Gasteiger partial charge in [0.25, 0.3) is 0 Å². The van der Waals surface area contributed by atoms with E-state index in [9.17, 15) is 13.2 Å². The summed E-state index contributed by atoms with van der Waals surface area (Å²) in [5.74, 6) is 0.0958. The molecule has 0 saturated heterocycles. The van der Waals surface area contributed by atoms with Gasteiger partial charge >= 0.3 is 10.2 Å². The first-order valence-electron chi connectivity index (χ1n) is 7.95. The number of hydrogen-bond acceptors (Lipinski definition) is 5. The summed E-state index contributed by atoms with van der Waals surface area (Å²) in [4.78, 5) is 16.6. The molecule has 0 bridgehead atoms. The summed E-state index contributed by atoms with van der Waals surface area (Å²) in [7, 11) is 0.789. The van der Waals surface area contributed by atoms with Crippen LogP contribution in [0, 0.1) is 0 Å². The molecular weight excluding hydrogens is 356 g/mol. The van der Waals surface area contributed by atoms with E-state index in [4.69, 9.17) is 4.74 Å². The van der Waals surface area contributed by atoms with E-state index in [0.717, 1.165) is 15.6 Å². The molecule has 1 aromatic heterocycles. The third kappa shape index (κ3) is 3.63. The van der Waals surface area contributed by atoms with E-state index in [-0.39, 0.29) is 18.2 Å². The fourth-order valence-corrected chi connectivity index (χ4v) is 3.38. The Hall–Kier alpha value is -2.65. The number of benzene rings is 1. The zero-order valence-electron chi connectivity index (χ0n) is 14.7. The third-order valence-electron chi connectivity index (χ3n) is 4.13. The lowest BCUT2D eigenvalue weighted by Gasteiger charge is -2.26. The number of nitrogens with one attached hydrogen (secondary N) is 2. The van der Waals surface area contributed by atoms with E-state index < -0.39 is 10.2 Å². The molecular formula is C17H20N4O4S. The molecule has 8 nitrogen and oxygen atoms in total. The topological polar surface area (TPSA) is 101 Å². The van der Waals surface area contributed by atoms with Crippen molar-refractivity contribution in [1.82, 2.24) is 9.29 Å². The van der Waals surface area contributed by atoms with Gasteiger partial charge in [-0.15, -0.1) is 0 Å². The average Bonchev–Trinajstić information content (AvgIpc) is 2.60. The molecule has 9 heteroatoms. The Bertz CT molecular complexity index is 944. The van der Waals surface area contributed by atoms with Crippen LogP contribution in [0.3, 0.4) is 0 Å². The Morgan fingerprint density at radius 1 is 1.27 bits per heavy atom. The summed E-state index contributed by atoms with van der Waals surface area (Å²) in [5.41, 5.74) is 2.53. The molecule has 0 fully saturated rings. The van der Waals surface area contributed by atoms with E-state index in [0.29, 0.717) is 17.3 Å². The molecule has 2 N–H and O–H groups in total. The maximum atomic E-state index is 12.2. The molecule has 2 heterocycles. The van der Waals surface area contributed by atoms with Crippen LogP contribution in [0.15, 0.2) is 36.4 Å². The van der Waals surface area contributed by atoms with Crippen molar-refractivity contribution < 1.29 is 17.9 Å². The van der Waals surface area contributed by atoms with Crippen LogP contribution in [0.1, 0.15) is 23.6 Å². The van der Waals surface area contributed by atoms with Crippen LogP contribution in [0.4, 0.5) is 11.4 Å². The molecule has 1 aliphatic rings. The zero-order chi connectivity index (χ0) is 18.9. The van der Waals surface area contributed by atoms with Crippen LogP contribution < -0.4 is 14.8 Å². The average molecular weight is 376 g/mol. The maximum Gasteiger partial charge on any atom is 0.301 e. The minimum absolute atomic E-state index is 0.153. The summed E-state index contributed by atoms with van der Waals surface area (Å²) in [6.45, 7) is 0. The van der Waals surface area contributed by atoms with E-state index >= 15 is 0 Å². The second-order valence-corrected chi connectivity index (χ2v) is 7.99. The first-order chi connectivity index (χ1) is 12.3. The van der Waals surface area contributed by atoms with Crippen molar-refractivity contribution in [3.05, 3.63) is 47.7 Å². The van der Waals surface area contributed by atoms with E-state index in [1.807, 2.05) is 12.1 Å². The molecule has 1 aliphatic heterocycles. The van der Waals surface area contributed by atoms with Crippen molar-refractivity contribution in [2.75, 3.05) is 31.2 Å². The summed E-state index contributed by atoms with van der Waals surface area (Å²) >= 11 is 0. The molecule has 26 heavy (non-hydrogen) atoms. The van der Waals surface area contributed by atoms with Gasteiger partial charge in [0.1, 0.15) is 0 Å². The number of nitrogens with zero attached hydrogens (tertiary/aromatic N) is 2. The maximum absolute atomic E-state index is 12.2. The minimum atomic E-state index is -3.62. The summed E-state index contributed by atoms with van der Waals surface area (Å²) in [6, 6.07) is 10.5. The first-order valence-corrected chi connectivity index (χ1v) is 9.39. The number of ether oxygens (including phenoxy) is 1. The SMILES string of the molecule is COc1cccc(C2CC(=O)Nc3cc(NS(=O)(=O)N(C)C)ccc32)n1. The number of carbonyl (C=O) groups is 1. The molecule has 1 unspecified atom stereocenters. The highest BCUT2D eigenvalue weighted by molar-refractivity contribution is 7.90. The molecule has 2 aromatic rings. The van der Waals surface area contributed by atoms with Crippen LogP contribution in [0.2, 0.25) is 0 Å². The fourth-order valence-electron chi connectivity index (χ4n) is 2.77. The lowest BCUT2D eigenvalue weighted by Crippen LogP contribution is -2.29. The predicted octanol–water partition coefficient (Wildman–Crippen LogP) is 1.78. The monoisotopic (exact) mass is 376 g/mol. The van der Waals surface area contributed by atoms with Gasteiger partial charge < -0.3 is 10.1 Å². The van der Waals surface area contributed by atoms with Crippen molar-refractivity contribution >= 4 is 27.5 Å². The Kier molecular flexibility index (Phi) is 4.84. The zero-order valence-corrected chi connectivity index (χ0v) is 15.5. The number of methoxy groups -OCH3 is 1. The van der Waals surface area contributed by atoms with Crippen molar-refractivity contribution in [3.8, 4) is 5.88 Å². The van der Waals surface area contributed by atoms with Gasteiger partial charge in [-0.05, 0) is 23.8 Å². The van der Waals surface area contributed by atoms with Crippen LogP contribution in [0.25, 0.3) is 0 Å². The molecule has 0 saturated carbocycles.